The summed E-state index contributed by atoms with van der Waals surface area (Å²) >= 11 is 0. The molecule has 6 heteroatoms. The second-order valence-corrected chi connectivity index (χ2v) is 3.83. The van der Waals surface area contributed by atoms with Crippen molar-refractivity contribution in [2.45, 2.75) is 33.4 Å². The van der Waals surface area contributed by atoms with Gasteiger partial charge in [0.05, 0.1) is 0 Å². The molecule has 0 radical (unpaired) electrons. The first kappa shape index (κ1) is 15.1. The molecule has 1 N–H and O–H groups in total. The minimum absolute atomic E-state index is 0.289. The van der Waals surface area contributed by atoms with E-state index in [4.69, 9.17) is 0 Å². The maximum atomic E-state index is 11.9. The maximum absolute atomic E-state index is 11.9. The minimum Gasteiger partial charge on any atom is -0.329 e. The van der Waals surface area contributed by atoms with Gasteiger partial charge in [0.25, 0.3) is 0 Å². The van der Waals surface area contributed by atoms with Crippen molar-refractivity contribution in [1.82, 2.24) is 10.2 Å². The number of amides is 2. The number of nitrogens with one attached hydrogen (secondary N) is 1. The maximum Gasteiger partial charge on any atom is 0.405 e. The highest BCUT2D eigenvalue weighted by Crippen LogP contribution is 2.12. The third-order valence-electron chi connectivity index (χ3n) is 2.34. The monoisotopic (exact) mass is 240 g/mol. The van der Waals surface area contributed by atoms with Gasteiger partial charge in [-0.1, -0.05) is 20.3 Å². The molecule has 96 valence electrons. The van der Waals surface area contributed by atoms with Crippen LogP contribution in [0.5, 0.6) is 0 Å². The third-order valence-corrected chi connectivity index (χ3v) is 2.34. The van der Waals surface area contributed by atoms with Crippen LogP contribution in [0.25, 0.3) is 0 Å². The van der Waals surface area contributed by atoms with E-state index in [0.29, 0.717) is 13.1 Å². The Morgan fingerprint density at radius 3 is 2.31 bits per heavy atom. The Bertz CT molecular complexity index is 219. The van der Waals surface area contributed by atoms with Gasteiger partial charge in [0.15, 0.2) is 0 Å². The van der Waals surface area contributed by atoms with Crippen molar-refractivity contribution in [1.29, 1.82) is 0 Å². The van der Waals surface area contributed by atoms with Crippen LogP contribution >= 0.6 is 0 Å². The number of hydrogen-bond donors (Lipinski definition) is 1. The molecule has 0 saturated heterocycles. The van der Waals surface area contributed by atoms with Crippen LogP contribution in [0.1, 0.15) is 27.2 Å². The van der Waals surface area contributed by atoms with E-state index in [1.807, 2.05) is 19.2 Å². The Kier molecular flexibility index (Phi) is 6.21. The normalized spacial score (nSPS) is 13.4. The Morgan fingerprint density at radius 2 is 1.94 bits per heavy atom. The number of halogens is 3. The first-order valence-corrected chi connectivity index (χ1v) is 5.39. The Balaban J connectivity index is 4.11. The van der Waals surface area contributed by atoms with Crippen LogP contribution in [0.2, 0.25) is 0 Å². The summed E-state index contributed by atoms with van der Waals surface area (Å²) in [5.74, 6) is 0.289. The smallest absolute Gasteiger partial charge is 0.329 e. The first-order valence-electron chi connectivity index (χ1n) is 5.39. The molecule has 0 aromatic heterocycles. The topological polar surface area (TPSA) is 32.3 Å². The first-order chi connectivity index (χ1) is 7.30. The Hall–Kier alpha value is -0.940. The van der Waals surface area contributed by atoms with E-state index in [1.165, 1.54) is 4.90 Å². The van der Waals surface area contributed by atoms with E-state index in [9.17, 15) is 18.0 Å². The molecule has 0 rings (SSSR count). The molecule has 0 spiro atoms. The summed E-state index contributed by atoms with van der Waals surface area (Å²) in [4.78, 5) is 12.8. The zero-order valence-electron chi connectivity index (χ0n) is 9.90. The predicted octanol–water partition coefficient (Wildman–Crippen LogP) is 2.63. The van der Waals surface area contributed by atoms with Crippen molar-refractivity contribution in [2.24, 2.45) is 5.92 Å². The summed E-state index contributed by atoms with van der Waals surface area (Å²) in [7, 11) is 0. The summed E-state index contributed by atoms with van der Waals surface area (Å²) < 4.78 is 35.6. The Labute approximate surface area is 94.0 Å². The van der Waals surface area contributed by atoms with Crippen molar-refractivity contribution in [3.63, 3.8) is 0 Å². The molecule has 0 aliphatic heterocycles. The average Bonchev–Trinajstić information content (AvgIpc) is 2.21. The Morgan fingerprint density at radius 1 is 1.38 bits per heavy atom. The van der Waals surface area contributed by atoms with E-state index in [0.717, 1.165) is 6.42 Å². The van der Waals surface area contributed by atoms with E-state index in [2.05, 4.69) is 0 Å². The number of rotatable bonds is 5. The highest BCUT2D eigenvalue weighted by atomic mass is 19.4. The molecule has 2 amide bonds. The van der Waals surface area contributed by atoms with Gasteiger partial charge in [0, 0.05) is 13.1 Å². The molecule has 16 heavy (non-hydrogen) atoms. The summed E-state index contributed by atoms with van der Waals surface area (Å²) in [5, 5.41) is 1.87. The van der Waals surface area contributed by atoms with Crippen molar-refractivity contribution in [3.05, 3.63) is 0 Å². The molecular weight excluding hydrogens is 221 g/mol. The zero-order valence-corrected chi connectivity index (χ0v) is 9.90. The fourth-order valence-electron chi connectivity index (χ4n) is 1.15. The molecule has 0 aliphatic carbocycles. The van der Waals surface area contributed by atoms with Crippen LogP contribution in [-0.2, 0) is 0 Å². The van der Waals surface area contributed by atoms with Crippen LogP contribution in [0.3, 0.4) is 0 Å². The van der Waals surface area contributed by atoms with Gasteiger partial charge in [-0.05, 0) is 12.8 Å². The molecule has 0 aliphatic rings. The quantitative estimate of drug-likeness (QED) is 0.787. The molecule has 0 fully saturated rings. The van der Waals surface area contributed by atoms with E-state index < -0.39 is 18.8 Å². The molecule has 3 nitrogen and oxygen atoms in total. The highest BCUT2D eigenvalue weighted by molar-refractivity contribution is 5.74. The molecule has 1 atom stereocenters. The van der Waals surface area contributed by atoms with Gasteiger partial charge < -0.3 is 10.2 Å². The number of hydrogen-bond acceptors (Lipinski definition) is 1. The predicted molar refractivity (Wildman–Crippen MR) is 56.2 cm³/mol. The molecule has 0 bridgehead atoms. The van der Waals surface area contributed by atoms with Crippen molar-refractivity contribution < 1.29 is 18.0 Å². The fraction of sp³-hybridized carbons (Fsp3) is 0.900. The average molecular weight is 240 g/mol. The van der Waals surface area contributed by atoms with Crippen LogP contribution in [0, 0.1) is 5.92 Å². The largest absolute Gasteiger partial charge is 0.405 e. The van der Waals surface area contributed by atoms with Gasteiger partial charge in [-0.15, -0.1) is 0 Å². The minimum atomic E-state index is -4.36. The van der Waals surface area contributed by atoms with Crippen LogP contribution in [0.15, 0.2) is 0 Å². The van der Waals surface area contributed by atoms with Gasteiger partial charge in [-0.2, -0.15) is 13.2 Å². The van der Waals surface area contributed by atoms with Gasteiger partial charge in [-0.25, -0.2) is 4.79 Å². The number of urea groups is 1. The molecule has 0 aromatic rings. The molecular formula is C10H19F3N2O. The summed E-state index contributed by atoms with van der Waals surface area (Å²) in [6, 6.07) is -0.653. The number of carbonyl (C=O) groups excluding carboxylic acids is 1. The number of nitrogens with zero attached hydrogens (tertiary/aromatic N) is 1. The number of carbonyl (C=O) groups is 1. The summed E-state index contributed by atoms with van der Waals surface area (Å²) in [5.41, 5.74) is 0. The second-order valence-electron chi connectivity index (χ2n) is 3.83. The molecule has 0 aromatic carbocycles. The second kappa shape index (κ2) is 6.60. The van der Waals surface area contributed by atoms with Gasteiger partial charge >= 0.3 is 12.2 Å². The van der Waals surface area contributed by atoms with Gasteiger partial charge in [0.2, 0.25) is 0 Å². The van der Waals surface area contributed by atoms with Gasteiger partial charge in [-0.3, -0.25) is 0 Å². The highest BCUT2D eigenvalue weighted by Gasteiger charge is 2.28. The van der Waals surface area contributed by atoms with Crippen LogP contribution < -0.4 is 5.32 Å². The van der Waals surface area contributed by atoms with E-state index in [1.54, 1.807) is 6.92 Å². The van der Waals surface area contributed by atoms with Crippen molar-refractivity contribution in [3.8, 4) is 0 Å². The van der Waals surface area contributed by atoms with Crippen LogP contribution in [-0.4, -0.2) is 36.7 Å². The summed E-state index contributed by atoms with van der Waals surface area (Å²) in [6.07, 6.45) is -3.46. The van der Waals surface area contributed by atoms with Gasteiger partial charge in [0.1, 0.15) is 6.54 Å². The zero-order chi connectivity index (χ0) is 12.8. The summed E-state index contributed by atoms with van der Waals surface area (Å²) in [6.45, 7) is 5.30. The van der Waals surface area contributed by atoms with Crippen LogP contribution in [0.4, 0.5) is 18.0 Å². The molecule has 0 heterocycles. The third kappa shape index (κ3) is 6.53. The lowest BCUT2D eigenvalue weighted by atomic mass is 10.1. The van der Waals surface area contributed by atoms with Crippen molar-refractivity contribution in [2.75, 3.05) is 19.6 Å². The lowest BCUT2D eigenvalue weighted by Crippen LogP contribution is -2.45. The van der Waals surface area contributed by atoms with Crippen molar-refractivity contribution >= 4 is 6.03 Å². The van der Waals surface area contributed by atoms with E-state index in [-0.39, 0.29) is 5.92 Å². The standard InChI is InChI=1S/C10H19F3N2O/c1-4-8(3)6-15(5-2)9(16)14-7-10(11,12)13/h8H,4-7H2,1-3H3,(H,14,16). The fourth-order valence-corrected chi connectivity index (χ4v) is 1.15. The molecule has 0 saturated carbocycles. The number of alkyl halides is 3. The lowest BCUT2D eigenvalue weighted by Gasteiger charge is -2.24. The van der Waals surface area contributed by atoms with E-state index >= 15 is 0 Å². The molecule has 1 unspecified atom stereocenters. The lowest BCUT2D eigenvalue weighted by molar-refractivity contribution is -0.123. The SMILES string of the molecule is CCC(C)CN(CC)C(=O)NCC(F)(F)F.